The molecular formula is C29H28FNO4. The second kappa shape index (κ2) is 9.92. The second-order valence-corrected chi connectivity index (χ2v) is 9.01. The molecule has 0 saturated heterocycles. The number of hydrogen-bond acceptors (Lipinski definition) is 3. The zero-order valence-corrected chi connectivity index (χ0v) is 19.7. The standard InChI is InChI=1S/C29H28FNO4/c1-2-35-24-12-8-22(9-13-24)27-25-15-21(18-34-17-20-3-4-20)7-14-26(25)31(28(27)29(32)33)16-19-5-10-23(30)11-6-19/h5-15,20H,2-4,16-18H2,1H3,(H,32,33). The van der Waals surface area contributed by atoms with Gasteiger partial charge in [0.15, 0.2) is 0 Å². The highest BCUT2D eigenvalue weighted by atomic mass is 19.1. The second-order valence-electron chi connectivity index (χ2n) is 9.01. The van der Waals surface area contributed by atoms with Crippen LogP contribution < -0.4 is 4.74 Å². The zero-order valence-electron chi connectivity index (χ0n) is 19.7. The molecule has 1 aromatic heterocycles. The summed E-state index contributed by atoms with van der Waals surface area (Å²) in [5, 5.41) is 11.2. The Labute approximate surface area is 203 Å². The maximum Gasteiger partial charge on any atom is 0.353 e. The van der Waals surface area contributed by atoms with Gasteiger partial charge in [-0.25, -0.2) is 9.18 Å². The Morgan fingerprint density at radius 1 is 1.03 bits per heavy atom. The smallest absolute Gasteiger partial charge is 0.353 e. The Balaban J connectivity index is 1.62. The Hall–Kier alpha value is -3.64. The number of aromatic carboxylic acids is 1. The van der Waals surface area contributed by atoms with Gasteiger partial charge in [0, 0.05) is 29.6 Å². The summed E-state index contributed by atoms with van der Waals surface area (Å²) >= 11 is 0. The highest BCUT2D eigenvalue weighted by molar-refractivity contribution is 6.08. The summed E-state index contributed by atoms with van der Waals surface area (Å²) in [4.78, 5) is 12.6. The van der Waals surface area contributed by atoms with Crippen LogP contribution in [0.5, 0.6) is 5.75 Å². The van der Waals surface area contributed by atoms with E-state index >= 15 is 0 Å². The molecule has 1 heterocycles. The van der Waals surface area contributed by atoms with E-state index in [9.17, 15) is 14.3 Å². The first-order valence-electron chi connectivity index (χ1n) is 12.0. The third kappa shape index (κ3) is 5.08. The minimum Gasteiger partial charge on any atom is -0.494 e. The maximum atomic E-state index is 13.5. The predicted molar refractivity (Wildman–Crippen MR) is 133 cm³/mol. The predicted octanol–water partition coefficient (Wildman–Crippen LogP) is 6.52. The van der Waals surface area contributed by atoms with Crippen molar-refractivity contribution in [2.45, 2.75) is 32.9 Å². The summed E-state index contributed by atoms with van der Waals surface area (Å²) in [7, 11) is 0. The van der Waals surface area contributed by atoms with Gasteiger partial charge in [0.2, 0.25) is 0 Å². The van der Waals surface area contributed by atoms with Gasteiger partial charge in [-0.1, -0.05) is 30.3 Å². The summed E-state index contributed by atoms with van der Waals surface area (Å²) in [6, 6.07) is 19.6. The monoisotopic (exact) mass is 473 g/mol. The Bertz CT molecular complexity index is 1340. The van der Waals surface area contributed by atoms with Gasteiger partial charge >= 0.3 is 5.97 Å². The largest absolute Gasteiger partial charge is 0.494 e. The van der Waals surface area contributed by atoms with Gasteiger partial charge in [-0.2, -0.15) is 0 Å². The molecule has 0 atom stereocenters. The molecule has 4 aromatic rings. The van der Waals surface area contributed by atoms with Crippen molar-refractivity contribution in [2.75, 3.05) is 13.2 Å². The fourth-order valence-electron chi connectivity index (χ4n) is 4.46. The van der Waals surface area contributed by atoms with Gasteiger partial charge in [0.25, 0.3) is 0 Å². The van der Waals surface area contributed by atoms with Crippen molar-refractivity contribution in [2.24, 2.45) is 5.92 Å². The Morgan fingerprint density at radius 2 is 1.74 bits per heavy atom. The lowest BCUT2D eigenvalue weighted by Crippen LogP contribution is -2.10. The van der Waals surface area contributed by atoms with Crippen molar-refractivity contribution in [3.63, 3.8) is 0 Å². The lowest BCUT2D eigenvalue weighted by molar-refractivity contribution is 0.0687. The van der Waals surface area contributed by atoms with Gasteiger partial charge in [-0.05, 0) is 78.8 Å². The number of halogens is 1. The van der Waals surface area contributed by atoms with Crippen molar-refractivity contribution < 1.29 is 23.8 Å². The molecule has 0 bridgehead atoms. The van der Waals surface area contributed by atoms with Crippen molar-refractivity contribution in [3.8, 4) is 16.9 Å². The first kappa shape index (κ1) is 23.1. The van der Waals surface area contributed by atoms with Gasteiger partial charge in [-0.3, -0.25) is 0 Å². The van der Waals surface area contributed by atoms with Crippen molar-refractivity contribution >= 4 is 16.9 Å². The molecule has 180 valence electrons. The van der Waals surface area contributed by atoms with Gasteiger partial charge in [0.05, 0.1) is 13.2 Å². The number of aromatic nitrogens is 1. The van der Waals surface area contributed by atoms with E-state index in [0.717, 1.165) is 39.9 Å². The molecule has 6 heteroatoms. The molecule has 35 heavy (non-hydrogen) atoms. The number of rotatable bonds is 10. The van der Waals surface area contributed by atoms with Crippen LogP contribution in [0.2, 0.25) is 0 Å². The SMILES string of the molecule is CCOc1ccc(-c2c(C(=O)O)n(Cc3ccc(F)cc3)c3ccc(COCC4CC4)cc23)cc1. The number of benzene rings is 3. The summed E-state index contributed by atoms with van der Waals surface area (Å²) < 4.78 is 26.7. The first-order valence-corrected chi connectivity index (χ1v) is 12.0. The minimum atomic E-state index is -1.02. The molecule has 5 rings (SSSR count). The summed E-state index contributed by atoms with van der Waals surface area (Å²) in [5.41, 5.74) is 4.28. The van der Waals surface area contributed by atoms with E-state index in [4.69, 9.17) is 9.47 Å². The normalized spacial score (nSPS) is 13.3. The van der Waals surface area contributed by atoms with Crippen LogP contribution in [0.1, 0.15) is 41.4 Å². The topological polar surface area (TPSA) is 60.7 Å². The Kier molecular flexibility index (Phi) is 6.55. The average Bonchev–Trinajstić information content (AvgIpc) is 3.62. The number of hydrogen-bond donors (Lipinski definition) is 1. The highest BCUT2D eigenvalue weighted by Crippen LogP contribution is 2.37. The molecule has 3 aromatic carbocycles. The molecule has 1 aliphatic carbocycles. The van der Waals surface area contributed by atoms with E-state index in [0.29, 0.717) is 31.2 Å². The maximum absolute atomic E-state index is 13.5. The molecular weight excluding hydrogens is 445 g/mol. The molecule has 1 aliphatic rings. The Morgan fingerprint density at radius 3 is 2.40 bits per heavy atom. The lowest BCUT2D eigenvalue weighted by Gasteiger charge is -2.10. The number of carboxylic acid groups (broad SMARTS) is 1. The van der Waals surface area contributed by atoms with Crippen LogP contribution in [0.4, 0.5) is 4.39 Å². The van der Waals surface area contributed by atoms with Crippen LogP contribution in [0.25, 0.3) is 22.0 Å². The van der Waals surface area contributed by atoms with Gasteiger partial charge < -0.3 is 19.1 Å². The molecule has 0 amide bonds. The molecule has 0 radical (unpaired) electrons. The van der Waals surface area contributed by atoms with Gasteiger partial charge in [-0.15, -0.1) is 0 Å². The van der Waals surface area contributed by atoms with E-state index < -0.39 is 5.97 Å². The van der Waals surface area contributed by atoms with Crippen LogP contribution in [0.3, 0.4) is 0 Å². The molecule has 0 aliphatic heterocycles. The van der Waals surface area contributed by atoms with Crippen molar-refractivity contribution in [1.82, 2.24) is 4.57 Å². The number of ether oxygens (including phenoxy) is 2. The lowest BCUT2D eigenvalue weighted by atomic mass is 10.0. The molecule has 5 nitrogen and oxygen atoms in total. The number of nitrogens with zero attached hydrogens (tertiary/aromatic N) is 1. The van der Waals surface area contributed by atoms with Crippen LogP contribution in [-0.2, 0) is 17.9 Å². The summed E-state index contributed by atoms with van der Waals surface area (Å²) in [6.45, 7) is 4.04. The van der Waals surface area contributed by atoms with Crippen molar-refractivity contribution in [3.05, 3.63) is 89.4 Å². The summed E-state index contributed by atoms with van der Waals surface area (Å²) in [5.74, 6) is 0.0695. The molecule has 1 N–H and O–H groups in total. The number of carbonyl (C=O) groups is 1. The van der Waals surface area contributed by atoms with E-state index in [1.807, 2.05) is 49.4 Å². The summed E-state index contributed by atoms with van der Waals surface area (Å²) in [6.07, 6.45) is 2.46. The molecule has 0 spiro atoms. The zero-order chi connectivity index (χ0) is 24.4. The van der Waals surface area contributed by atoms with E-state index in [1.165, 1.54) is 25.0 Å². The molecule has 1 fully saturated rings. The van der Waals surface area contributed by atoms with Gasteiger partial charge in [0.1, 0.15) is 17.3 Å². The molecule has 0 unspecified atom stereocenters. The van der Waals surface area contributed by atoms with E-state index in [-0.39, 0.29) is 11.5 Å². The highest BCUT2D eigenvalue weighted by Gasteiger charge is 2.25. The average molecular weight is 474 g/mol. The quantitative estimate of drug-likeness (QED) is 0.285. The third-order valence-electron chi connectivity index (χ3n) is 6.36. The fourth-order valence-corrected chi connectivity index (χ4v) is 4.46. The van der Waals surface area contributed by atoms with Crippen molar-refractivity contribution in [1.29, 1.82) is 0 Å². The number of fused-ring (bicyclic) bond motifs is 1. The molecule has 1 saturated carbocycles. The van der Waals surface area contributed by atoms with Crippen LogP contribution >= 0.6 is 0 Å². The first-order chi connectivity index (χ1) is 17.0. The number of carboxylic acids is 1. The third-order valence-corrected chi connectivity index (χ3v) is 6.36. The van der Waals surface area contributed by atoms with Crippen LogP contribution in [0.15, 0.2) is 66.7 Å². The van der Waals surface area contributed by atoms with E-state index in [1.54, 1.807) is 16.7 Å². The van der Waals surface area contributed by atoms with Crippen LogP contribution in [-0.4, -0.2) is 28.9 Å². The minimum absolute atomic E-state index is 0.199. The van der Waals surface area contributed by atoms with Crippen LogP contribution in [0, 0.1) is 11.7 Å². The fraction of sp³-hybridized carbons (Fsp3) is 0.276. The van der Waals surface area contributed by atoms with E-state index in [2.05, 4.69) is 0 Å².